The third-order valence-electron chi connectivity index (χ3n) is 4.98. The molecule has 9 nitrogen and oxygen atoms in total. The number of benzene rings is 2. The highest BCUT2D eigenvalue weighted by atomic mass is 79.9. The Morgan fingerprint density at radius 2 is 1.86 bits per heavy atom. The van der Waals surface area contributed by atoms with Gasteiger partial charge in [-0.3, -0.25) is 10.2 Å². The smallest absolute Gasteiger partial charge is 0.282 e. The van der Waals surface area contributed by atoms with Crippen LogP contribution in [0.2, 0.25) is 0 Å². The van der Waals surface area contributed by atoms with Gasteiger partial charge in [-0.1, -0.05) is 12.1 Å². The highest BCUT2D eigenvalue weighted by Gasteiger charge is 2.34. The number of fused-ring (bicyclic) bond motifs is 1. The molecule has 2 aromatic rings. The Kier molecular flexibility index (Phi) is 7.40. The molecule has 35 heavy (non-hydrogen) atoms. The van der Waals surface area contributed by atoms with E-state index in [1.807, 2.05) is 31.2 Å². The zero-order valence-corrected chi connectivity index (χ0v) is 21.0. The molecule has 10 heteroatoms. The van der Waals surface area contributed by atoms with E-state index in [9.17, 15) is 4.79 Å². The molecule has 0 radical (unpaired) electrons. The van der Waals surface area contributed by atoms with Gasteiger partial charge in [0, 0.05) is 6.08 Å². The Morgan fingerprint density at radius 3 is 2.60 bits per heavy atom. The number of carbonyl (C=O) groups is 1. The van der Waals surface area contributed by atoms with Gasteiger partial charge in [0.1, 0.15) is 19.0 Å². The zero-order chi connectivity index (χ0) is 24.9. The summed E-state index contributed by atoms with van der Waals surface area (Å²) in [4.78, 5) is 22.0. The predicted molar refractivity (Wildman–Crippen MR) is 134 cm³/mol. The number of hydrogen-bond donors (Lipinski definition) is 1. The first-order chi connectivity index (χ1) is 16.9. The molecule has 0 spiro atoms. The Hall–Kier alpha value is -3.79. The molecule has 182 valence electrons. The quantitative estimate of drug-likeness (QED) is 0.360. The van der Waals surface area contributed by atoms with Crippen molar-refractivity contribution < 1.29 is 28.6 Å². The molecule has 1 N–H and O–H groups in total. The Bertz CT molecular complexity index is 1250. The fraction of sp³-hybridized carbons (Fsp3) is 0.240. The number of carbonyl (C=O) groups excluding carboxylic acids is 1. The maximum Gasteiger partial charge on any atom is 0.282 e. The van der Waals surface area contributed by atoms with Crippen molar-refractivity contribution in [2.75, 3.05) is 26.9 Å². The average molecular weight is 542 g/mol. The number of hydrogen-bond acceptors (Lipinski definition) is 7. The summed E-state index contributed by atoms with van der Waals surface area (Å²) >= 11 is 3.53. The van der Waals surface area contributed by atoms with E-state index in [-0.39, 0.29) is 18.0 Å². The summed E-state index contributed by atoms with van der Waals surface area (Å²) in [5.41, 5.74) is 0.735. The van der Waals surface area contributed by atoms with Crippen LogP contribution in [-0.2, 0) is 9.63 Å². The van der Waals surface area contributed by atoms with Crippen LogP contribution in [-0.4, -0.2) is 49.6 Å². The van der Waals surface area contributed by atoms with Crippen LogP contribution >= 0.6 is 15.9 Å². The van der Waals surface area contributed by atoms with E-state index in [1.54, 1.807) is 38.3 Å². The highest BCUT2D eigenvalue weighted by Crippen LogP contribution is 2.38. The van der Waals surface area contributed by atoms with E-state index in [0.717, 1.165) is 0 Å². The van der Waals surface area contributed by atoms with Gasteiger partial charge in [0.05, 0.1) is 23.8 Å². The number of para-hydroxylation sites is 2. The second kappa shape index (κ2) is 10.6. The van der Waals surface area contributed by atoms with Crippen molar-refractivity contribution in [3.8, 4) is 23.0 Å². The maximum atomic E-state index is 12.6. The second-order valence-corrected chi connectivity index (χ2v) is 8.29. The lowest BCUT2D eigenvalue weighted by Gasteiger charge is -2.23. The Labute approximate surface area is 211 Å². The molecule has 4 rings (SSSR count). The number of ether oxygens (including phenoxy) is 4. The number of allylic oxidation sites excluding steroid dienone is 1. The minimum Gasteiger partial charge on any atom is -0.493 e. The van der Waals surface area contributed by atoms with Gasteiger partial charge in [-0.15, -0.1) is 5.06 Å². The number of amides is 1. The van der Waals surface area contributed by atoms with Crippen LogP contribution in [0.5, 0.6) is 23.0 Å². The first kappa shape index (κ1) is 24.3. The SMILES string of the molecule is CCOc1cc(/C=C2/C(=N)N3OC(C)=CC3=NC2=O)cc(Br)c1OCCOc1ccccc1OC. The molecular formula is C25H24BrN3O6. The van der Waals surface area contributed by atoms with Crippen LogP contribution in [0.25, 0.3) is 6.08 Å². The lowest BCUT2D eigenvalue weighted by molar-refractivity contribution is -0.114. The summed E-state index contributed by atoms with van der Waals surface area (Å²) in [6, 6.07) is 10.9. The first-order valence-corrected chi connectivity index (χ1v) is 11.7. The summed E-state index contributed by atoms with van der Waals surface area (Å²) in [6.07, 6.45) is 3.18. The number of nitrogens with one attached hydrogen (secondary N) is 1. The van der Waals surface area contributed by atoms with Crippen molar-refractivity contribution >= 4 is 39.6 Å². The molecule has 0 fully saturated rings. The summed E-state index contributed by atoms with van der Waals surface area (Å²) in [6.45, 7) is 4.56. The summed E-state index contributed by atoms with van der Waals surface area (Å²) < 4.78 is 23.4. The molecular weight excluding hydrogens is 518 g/mol. The second-order valence-electron chi connectivity index (χ2n) is 7.43. The van der Waals surface area contributed by atoms with E-state index in [1.165, 1.54) is 5.06 Å². The number of amidine groups is 2. The Morgan fingerprint density at radius 1 is 1.11 bits per heavy atom. The molecule has 0 aromatic heterocycles. The van der Waals surface area contributed by atoms with E-state index in [4.69, 9.17) is 29.2 Å². The zero-order valence-electron chi connectivity index (χ0n) is 19.5. The van der Waals surface area contributed by atoms with Crippen LogP contribution in [0.15, 0.2) is 63.3 Å². The van der Waals surface area contributed by atoms with Crippen LogP contribution < -0.4 is 18.9 Å². The third kappa shape index (κ3) is 5.32. The molecule has 0 saturated carbocycles. The van der Waals surface area contributed by atoms with Crippen molar-refractivity contribution in [1.29, 1.82) is 5.41 Å². The van der Waals surface area contributed by atoms with Gasteiger partial charge in [-0.25, -0.2) is 0 Å². The standard InChI is InChI=1S/C25H24BrN3O6/c1-4-32-21-14-16(12-17-24(27)29-22(28-25(17)30)11-15(2)35-29)13-18(26)23(21)34-10-9-33-20-8-6-5-7-19(20)31-3/h5-8,11-14,27H,4,9-10H2,1-3H3/b17-12-,27-24?. The minimum absolute atomic E-state index is 0.0870. The molecule has 2 heterocycles. The lowest BCUT2D eigenvalue weighted by Crippen LogP contribution is -2.38. The maximum absolute atomic E-state index is 12.6. The Balaban J connectivity index is 1.50. The van der Waals surface area contributed by atoms with Gasteiger partial charge < -0.3 is 23.8 Å². The van der Waals surface area contributed by atoms with E-state index < -0.39 is 5.91 Å². The molecule has 2 aliphatic heterocycles. The summed E-state index contributed by atoms with van der Waals surface area (Å²) in [7, 11) is 1.59. The van der Waals surface area contributed by atoms with Gasteiger partial charge in [-0.2, -0.15) is 4.99 Å². The van der Waals surface area contributed by atoms with Crippen LogP contribution in [0, 0.1) is 5.41 Å². The number of rotatable bonds is 9. The molecule has 2 aliphatic rings. The monoisotopic (exact) mass is 541 g/mol. The first-order valence-electron chi connectivity index (χ1n) is 10.9. The molecule has 0 unspecified atom stereocenters. The summed E-state index contributed by atoms with van der Waals surface area (Å²) in [5, 5.41) is 9.62. The molecule has 0 aliphatic carbocycles. The van der Waals surface area contributed by atoms with Crippen LogP contribution in [0.1, 0.15) is 19.4 Å². The lowest BCUT2D eigenvalue weighted by atomic mass is 10.1. The van der Waals surface area contributed by atoms with Crippen molar-refractivity contribution in [2.45, 2.75) is 13.8 Å². The molecule has 0 atom stereocenters. The number of halogens is 1. The normalized spacial score (nSPS) is 15.9. The fourth-order valence-electron chi connectivity index (χ4n) is 3.47. The van der Waals surface area contributed by atoms with Gasteiger partial charge >= 0.3 is 0 Å². The largest absolute Gasteiger partial charge is 0.493 e. The predicted octanol–water partition coefficient (Wildman–Crippen LogP) is 4.76. The van der Waals surface area contributed by atoms with Crippen molar-refractivity contribution in [1.82, 2.24) is 5.06 Å². The number of aliphatic imine (C=N–C) groups is 1. The van der Waals surface area contributed by atoms with Gasteiger partial charge in [-0.05, 0) is 65.7 Å². The van der Waals surface area contributed by atoms with Crippen molar-refractivity contribution in [2.24, 2.45) is 4.99 Å². The van der Waals surface area contributed by atoms with E-state index >= 15 is 0 Å². The molecule has 0 saturated heterocycles. The minimum atomic E-state index is -0.515. The van der Waals surface area contributed by atoms with Crippen LogP contribution in [0.4, 0.5) is 0 Å². The van der Waals surface area contributed by atoms with Crippen molar-refractivity contribution in [3.05, 3.63) is 63.8 Å². The number of hydroxylamine groups is 2. The van der Waals surface area contributed by atoms with Crippen LogP contribution in [0.3, 0.4) is 0 Å². The summed E-state index contributed by atoms with van der Waals surface area (Å²) in [5.74, 6) is 2.51. The third-order valence-corrected chi connectivity index (χ3v) is 5.57. The highest BCUT2D eigenvalue weighted by molar-refractivity contribution is 9.10. The van der Waals surface area contributed by atoms with Gasteiger partial charge in [0.25, 0.3) is 5.91 Å². The topological polar surface area (TPSA) is 103 Å². The van der Waals surface area contributed by atoms with E-state index in [2.05, 4.69) is 20.9 Å². The number of nitrogens with zero attached hydrogens (tertiary/aromatic N) is 2. The average Bonchev–Trinajstić information content (AvgIpc) is 3.21. The van der Waals surface area contributed by atoms with Crippen molar-refractivity contribution in [3.63, 3.8) is 0 Å². The van der Waals surface area contributed by atoms with Gasteiger partial charge in [0.2, 0.25) is 0 Å². The number of methoxy groups -OCH3 is 1. The molecule has 1 amide bonds. The fourth-order valence-corrected chi connectivity index (χ4v) is 4.05. The van der Waals surface area contributed by atoms with E-state index in [0.29, 0.717) is 57.8 Å². The molecule has 2 aromatic carbocycles. The van der Waals surface area contributed by atoms with Gasteiger partial charge in [0.15, 0.2) is 34.7 Å². The molecule has 0 bridgehead atoms.